The fourth-order valence-corrected chi connectivity index (χ4v) is 3.05. The van der Waals surface area contributed by atoms with Crippen molar-refractivity contribution in [2.45, 2.75) is 13.8 Å². The first kappa shape index (κ1) is 14.5. The molecule has 0 fully saturated rings. The number of fused-ring (bicyclic) bond motifs is 1. The van der Waals surface area contributed by atoms with Crippen molar-refractivity contribution in [2.75, 3.05) is 23.4 Å². The molecule has 22 heavy (non-hydrogen) atoms. The normalized spacial score (nSPS) is 11.4. The van der Waals surface area contributed by atoms with Crippen LogP contribution in [0.1, 0.15) is 18.7 Å². The zero-order valence-corrected chi connectivity index (χ0v) is 13.4. The van der Waals surface area contributed by atoms with Crippen LogP contribution in [0.2, 0.25) is 0 Å². The summed E-state index contributed by atoms with van der Waals surface area (Å²) in [6.07, 6.45) is 3.60. The maximum absolute atomic E-state index is 4.42. The van der Waals surface area contributed by atoms with Gasteiger partial charge in [0.15, 0.2) is 5.13 Å². The summed E-state index contributed by atoms with van der Waals surface area (Å²) < 4.78 is 0. The molecular formula is C15H18N6S. The topological polar surface area (TPSA) is 69.2 Å². The number of benzene rings is 1. The van der Waals surface area contributed by atoms with Gasteiger partial charge in [-0.25, -0.2) is 15.4 Å². The summed E-state index contributed by atoms with van der Waals surface area (Å²) in [5, 5.41) is 5.24. The lowest BCUT2D eigenvalue weighted by atomic mass is 10.3. The van der Waals surface area contributed by atoms with Crippen molar-refractivity contribution >= 4 is 39.7 Å². The summed E-state index contributed by atoms with van der Waals surface area (Å²) >= 11 is 1.63. The van der Waals surface area contributed by atoms with E-state index in [2.05, 4.69) is 44.2 Å². The molecule has 3 rings (SSSR count). The Bertz CT molecular complexity index is 738. The highest BCUT2D eigenvalue weighted by atomic mass is 32.1. The van der Waals surface area contributed by atoms with Gasteiger partial charge in [0.05, 0.1) is 22.1 Å². The third-order valence-electron chi connectivity index (χ3n) is 3.30. The van der Waals surface area contributed by atoms with Gasteiger partial charge in [0.2, 0.25) is 5.95 Å². The van der Waals surface area contributed by atoms with Crippen molar-refractivity contribution in [3.63, 3.8) is 0 Å². The molecule has 1 aromatic carbocycles. The summed E-state index contributed by atoms with van der Waals surface area (Å²) in [7, 11) is 0. The highest BCUT2D eigenvalue weighted by Gasteiger charge is 2.06. The van der Waals surface area contributed by atoms with E-state index in [9.17, 15) is 0 Å². The van der Waals surface area contributed by atoms with Crippen molar-refractivity contribution in [3.8, 4) is 0 Å². The maximum Gasteiger partial charge on any atom is 0.222 e. The molecule has 2 aromatic heterocycles. The number of thiazole rings is 1. The first-order chi connectivity index (χ1) is 10.8. The molecule has 6 nitrogen and oxygen atoms in total. The minimum atomic E-state index is 0.630. The average Bonchev–Trinajstić information content (AvgIpc) is 3.15. The van der Waals surface area contributed by atoms with E-state index in [4.69, 9.17) is 0 Å². The van der Waals surface area contributed by atoms with Gasteiger partial charge in [0, 0.05) is 19.3 Å². The number of anilines is 2. The van der Waals surface area contributed by atoms with Gasteiger partial charge in [-0.05, 0) is 26.0 Å². The van der Waals surface area contributed by atoms with Gasteiger partial charge in [-0.2, -0.15) is 5.10 Å². The summed E-state index contributed by atoms with van der Waals surface area (Å²) in [5.41, 5.74) is 4.82. The third kappa shape index (κ3) is 3.09. The van der Waals surface area contributed by atoms with Crippen LogP contribution < -0.4 is 10.3 Å². The Morgan fingerprint density at radius 3 is 2.91 bits per heavy atom. The lowest BCUT2D eigenvalue weighted by molar-refractivity contribution is 0.860. The number of H-pyrrole nitrogens is 1. The third-order valence-corrected chi connectivity index (χ3v) is 4.29. The molecule has 0 radical (unpaired) electrons. The lowest BCUT2D eigenvalue weighted by Crippen LogP contribution is -2.21. The second-order valence-corrected chi connectivity index (χ2v) is 5.73. The molecule has 114 valence electrons. The Kier molecular flexibility index (Phi) is 4.34. The highest BCUT2D eigenvalue weighted by molar-refractivity contribution is 7.17. The summed E-state index contributed by atoms with van der Waals surface area (Å²) in [6.45, 7) is 6.17. The highest BCUT2D eigenvalue weighted by Crippen LogP contribution is 2.21. The Labute approximate surface area is 132 Å². The van der Waals surface area contributed by atoms with E-state index < -0.39 is 0 Å². The molecule has 2 N–H and O–H groups in total. The largest absolute Gasteiger partial charge is 0.349 e. The molecule has 0 amide bonds. The van der Waals surface area contributed by atoms with Crippen molar-refractivity contribution < 1.29 is 0 Å². The predicted molar refractivity (Wildman–Crippen MR) is 93.0 cm³/mol. The van der Waals surface area contributed by atoms with Crippen molar-refractivity contribution in [3.05, 3.63) is 35.3 Å². The van der Waals surface area contributed by atoms with Gasteiger partial charge in [-0.15, -0.1) is 0 Å². The van der Waals surface area contributed by atoms with Crippen LogP contribution in [-0.4, -0.2) is 34.3 Å². The molecule has 0 aliphatic carbocycles. The number of hydrogen-bond acceptors (Lipinski definition) is 6. The van der Waals surface area contributed by atoms with Gasteiger partial charge >= 0.3 is 0 Å². The van der Waals surface area contributed by atoms with Crippen LogP contribution >= 0.6 is 11.3 Å². The molecular weight excluding hydrogens is 296 g/mol. The number of rotatable bonds is 6. The van der Waals surface area contributed by atoms with Crippen molar-refractivity contribution in [1.29, 1.82) is 0 Å². The summed E-state index contributed by atoms with van der Waals surface area (Å²) in [5.74, 6) is 0.630. The predicted octanol–water partition coefficient (Wildman–Crippen LogP) is 3.31. The maximum atomic E-state index is 4.42. The lowest BCUT2D eigenvalue weighted by Gasteiger charge is -2.16. The Morgan fingerprint density at radius 2 is 2.14 bits per heavy atom. The van der Waals surface area contributed by atoms with Gasteiger partial charge < -0.3 is 9.88 Å². The molecule has 0 aliphatic rings. The molecule has 2 heterocycles. The van der Waals surface area contributed by atoms with Crippen LogP contribution in [0.4, 0.5) is 11.1 Å². The number of aromatic amines is 1. The smallest absolute Gasteiger partial charge is 0.222 e. The number of nitrogens with one attached hydrogen (secondary N) is 2. The minimum Gasteiger partial charge on any atom is -0.349 e. The summed E-state index contributed by atoms with van der Waals surface area (Å²) in [6, 6.07) is 7.87. The quantitative estimate of drug-likeness (QED) is 0.541. The van der Waals surface area contributed by atoms with Crippen LogP contribution in [0.3, 0.4) is 0 Å². The van der Waals surface area contributed by atoms with E-state index in [0.717, 1.165) is 34.1 Å². The van der Waals surface area contributed by atoms with Crippen LogP contribution in [0, 0.1) is 0 Å². The number of para-hydroxylation sites is 2. The van der Waals surface area contributed by atoms with Gasteiger partial charge in [0.25, 0.3) is 0 Å². The van der Waals surface area contributed by atoms with Crippen molar-refractivity contribution in [1.82, 2.24) is 15.0 Å². The summed E-state index contributed by atoms with van der Waals surface area (Å²) in [4.78, 5) is 15.2. The molecule has 0 atom stereocenters. The standard InChI is InChI=1S/C15H18N6S/c1-3-21(4-2)15-16-9-11(22-15)10-17-20-14-18-12-7-5-6-8-13(12)19-14/h5-10H,3-4H2,1-2H3,(H2,18,19,20)/b17-10-. The molecule has 0 bridgehead atoms. The van der Waals surface area contributed by atoms with E-state index in [-0.39, 0.29) is 0 Å². The molecule has 0 aliphatic heterocycles. The molecule has 0 saturated heterocycles. The van der Waals surface area contributed by atoms with Gasteiger partial charge in [-0.3, -0.25) is 0 Å². The first-order valence-electron chi connectivity index (χ1n) is 7.24. The van der Waals surface area contributed by atoms with Gasteiger partial charge in [0.1, 0.15) is 0 Å². The second-order valence-electron chi connectivity index (χ2n) is 4.69. The molecule has 0 spiro atoms. The molecule has 3 aromatic rings. The number of imidazole rings is 1. The number of hydrogen-bond donors (Lipinski definition) is 2. The molecule has 0 saturated carbocycles. The van der Waals surface area contributed by atoms with Crippen LogP contribution in [0.5, 0.6) is 0 Å². The number of aromatic nitrogens is 3. The molecule has 7 heteroatoms. The van der Waals surface area contributed by atoms with E-state index >= 15 is 0 Å². The van der Waals surface area contributed by atoms with Crippen LogP contribution in [0.15, 0.2) is 35.6 Å². The van der Waals surface area contributed by atoms with Gasteiger partial charge in [-0.1, -0.05) is 23.5 Å². The Hall–Kier alpha value is -2.41. The van der Waals surface area contributed by atoms with E-state index in [1.807, 2.05) is 30.5 Å². The second kappa shape index (κ2) is 6.57. The minimum absolute atomic E-state index is 0.630. The Morgan fingerprint density at radius 1 is 1.32 bits per heavy atom. The van der Waals surface area contributed by atoms with Crippen LogP contribution in [0.25, 0.3) is 11.0 Å². The van der Waals surface area contributed by atoms with E-state index in [0.29, 0.717) is 5.95 Å². The SMILES string of the molecule is CCN(CC)c1ncc(/C=N\Nc2nc3ccccc3[nH]2)s1. The Balaban J connectivity index is 1.66. The average molecular weight is 314 g/mol. The van der Waals surface area contributed by atoms with Crippen LogP contribution in [-0.2, 0) is 0 Å². The molecule has 0 unspecified atom stereocenters. The number of hydrazone groups is 1. The van der Waals surface area contributed by atoms with E-state index in [1.54, 1.807) is 17.6 Å². The first-order valence-corrected chi connectivity index (χ1v) is 8.06. The van der Waals surface area contributed by atoms with E-state index in [1.165, 1.54) is 0 Å². The van der Waals surface area contributed by atoms with Crippen molar-refractivity contribution in [2.24, 2.45) is 5.10 Å². The zero-order valence-electron chi connectivity index (χ0n) is 12.6. The zero-order chi connectivity index (χ0) is 15.4. The monoisotopic (exact) mass is 314 g/mol. The number of nitrogens with zero attached hydrogens (tertiary/aromatic N) is 4. The fraction of sp³-hybridized carbons (Fsp3) is 0.267. The fourth-order valence-electron chi connectivity index (χ4n) is 2.14.